The molecule has 0 saturated carbocycles. The van der Waals surface area contributed by atoms with Gasteiger partial charge in [0.25, 0.3) is 5.91 Å². The van der Waals surface area contributed by atoms with Gasteiger partial charge in [0.05, 0.1) is 10.6 Å². The molecule has 0 heterocycles. The van der Waals surface area contributed by atoms with Crippen LogP contribution >= 0.6 is 0 Å². The maximum Gasteiger partial charge on any atom is 0.251 e. The number of amides is 1. The average molecular weight is 331 g/mol. The maximum absolute atomic E-state index is 12.0. The first-order chi connectivity index (χ1) is 11.0. The van der Waals surface area contributed by atoms with Crippen molar-refractivity contribution in [3.63, 3.8) is 0 Å². The van der Waals surface area contributed by atoms with Crippen molar-refractivity contribution < 1.29 is 18.0 Å². The highest BCUT2D eigenvalue weighted by Gasteiger charge is 2.11. The fourth-order valence-corrected chi connectivity index (χ4v) is 2.86. The molecule has 6 heteroatoms. The average Bonchev–Trinajstić information content (AvgIpc) is 2.60. The van der Waals surface area contributed by atoms with E-state index in [-0.39, 0.29) is 16.6 Å². The van der Waals surface area contributed by atoms with E-state index in [4.69, 9.17) is 0 Å². The second kappa shape index (κ2) is 7.19. The fourth-order valence-electron chi connectivity index (χ4n) is 1.98. The lowest BCUT2D eigenvalue weighted by Crippen LogP contribution is -2.22. The van der Waals surface area contributed by atoms with Gasteiger partial charge in [-0.15, -0.1) is 0 Å². The standard InChI is InChI=1S/C17H17NO4S/c1-2-23(21,22)16-9-5-13(6-10-16)11-18-17(20)15-7-3-14(12-19)4-8-15/h3-10,12H,2,11H2,1H3,(H,18,20). The van der Waals surface area contributed by atoms with Crippen molar-refractivity contribution in [2.45, 2.75) is 18.4 Å². The molecule has 23 heavy (non-hydrogen) atoms. The van der Waals surface area contributed by atoms with Crippen LogP contribution < -0.4 is 5.32 Å². The predicted molar refractivity (Wildman–Crippen MR) is 87.2 cm³/mol. The van der Waals surface area contributed by atoms with E-state index < -0.39 is 9.84 Å². The number of hydrogen-bond donors (Lipinski definition) is 1. The summed E-state index contributed by atoms with van der Waals surface area (Å²) in [5, 5.41) is 2.75. The molecule has 2 rings (SSSR count). The zero-order valence-electron chi connectivity index (χ0n) is 12.7. The molecule has 0 atom stereocenters. The van der Waals surface area contributed by atoms with Gasteiger partial charge in [-0.3, -0.25) is 9.59 Å². The molecule has 0 aromatic heterocycles. The van der Waals surface area contributed by atoms with Gasteiger partial charge in [-0.25, -0.2) is 8.42 Å². The van der Waals surface area contributed by atoms with Crippen LogP contribution in [-0.2, 0) is 16.4 Å². The predicted octanol–water partition coefficient (Wildman–Crippen LogP) is 2.22. The van der Waals surface area contributed by atoms with Gasteiger partial charge in [-0.2, -0.15) is 0 Å². The monoisotopic (exact) mass is 331 g/mol. The van der Waals surface area contributed by atoms with Crippen LogP contribution in [0.5, 0.6) is 0 Å². The van der Waals surface area contributed by atoms with Crippen LogP contribution in [0.3, 0.4) is 0 Å². The van der Waals surface area contributed by atoms with Crippen LogP contribution in [0, 0.1) is 0 Å². The van der Waals surface area contributed by atoms with E-state index in [1.54, 1.807) is 55.5 Å². The van der Waals surface area contributed by atoms with Crippen LogP contribution in [-0.4, -0.2) is 26.4 Å². The highest BCUT2D eigenvalue weighted by atomic mass is 32.2. The van der Waals surface area contributed by atoms with Crippen LogP contribution in [0.4, 0.5) is 0 Å². The fraction of sp³-hybridized carbons (Fsp3) is 0.176. The van der Waals surface area contributed by atoms with Crippen LogP contribution in [0.2, 0.25) is 0 Å². The summed E-state index contributed by atoms with van der Waals surface area (Å²) in [6.07, 6.45) is 0.716. The van der Waals surface area contributed by atoms with Gasteiger partial charge in [-0.05, 0) is 29.8 Å². The highest BCUT2D eigenvalue weighted by molar-refractivity contribution is 7.91. The molecule has 0 spiro atoms. The van der Waals surface area contributed by atoms with Crippen molar-refractivity contribution in [3.8, 4) is 0 Å². The molecule has 5 nitrogen and oxygen atoms in total. The molecule has 1 amide bonds. The summed E-state index contributed by atoms with van der Waals surface area (Å²) in [5.74, 6) is -0.201. The molecule has 0 saturated heterocycles. The number of hydrogen-bond acceptors (Lipinski definition) is 4. The summed E-state index contributed by atoms with van der Waals surface area (Å²) in [4.78, 5) is 22.8. The number of benzene rings is 2. The van der Waals surface area contributed by atoms with Gasteiger partial charge < -0.3 is 5.32 Å². The Morgan fingerprint density at radius 1 is 1.04 bits per heavy atom. The van der Waals surface area contributed by atoms with E-state index in [2.05, 4.69) is 5.32 Å². The van der Waals surface area contributed by atoms with E-state index in [0.717, 1.165) is 5.56 Å². The van der Waals surface area contributed by atoms with Gasteiger partial charge in [0.2, 0.25) is 0 Å². The molecule has 0 aliphatic rings. The minimum absolute atomic E-state index is 0.0554. The van der Waals surface area contributed by atoms with Crippen molar-refractivity contribution in [1.29, 1.82) is 0 Å². The maximum atomic E-state index is 12.0. The molecular weight excluding hydrogens is 314 g/mol. The molecular formula is C17H17NO4S. The second-order valence-corrected chi connectivity index (χ2v) is 7.25. The minimum atomic E-state index is -3.21. The normalized spacial score (nSPS) is 11.0. The zero-order valence-corrected chi connectivity index (χ0v) is 13.5. The molecule has 0 unspecified atom stereocenters. The first kappa shape index (κ1) is 16.9. The Balaban J connectivity index is 2.00. The SMILES string of the molecule is CCS(=O)(=O)c1ccc(CNC(=O)c2ccc(C=O)cc2)cc1. The minimum Gasteiger partial charge on any atom is -0.348 e. The largest absolute Gasteiger partial charge is 0.348 e. The highest BCUT2D eigenvalue weighted by Crippen LogP contribution is 2.12. The summed E-state index contributed by atoms with van der Waals surface area (Å²) in [6, 6.07) is 12.7. The lowest BCUT2D eigenvalue weighted by atomic mass is 10.1. The Morgan fingerprint density at radius 2 is 1.65 bits per heavy atom. The van der Waals surface area contributed by atoms with Crippen molar-refractivity contribution in [3.05, 3.63) is 65.2 Å². The van der Waals surface area contributed by atoms with Crippen molar-refractivity contribution >= 4 is 22.0 Å². The first-order valence-corrected chi connectivity index (χ1v) is 8.76. The van der Waals surface area contributed by atoms with E-state index in [1.807, 2.05) is 0 Å². The number of sulfone groups is 1. The Morgan fingerprint density at radius 3 is 2.17 bits per heavy atom. The number of nitrogens with one attached hydrogen (secondary N) is 1. The number of carbonyl (C=O) groups is 2. The van der Waals surface area contributed by atoms with Gasteiger partial charge in [0.1, 0.15) is 6.29 Å². The van der Waals surface area contributed by atoms with Crippen LogP contribution in [0.25, 0.3) is 0 Å². The zero-order chi connectivity index (χ0) is 16.9. The third-order valence-corrected chi connectivity index (χ3v) is 5.18. The number of rotatable bonds is 6. The molecule has 2 aromatic carbocycles. The van der Waals surface area contributed by atoms with Crippen molar-refractivity contribution in [1.82, 2.24) is 5.32 Å². The smallest absolute Gasteiger partial charge is 0.251 e. The molecule has 0 bridgehead atoms. The third-order valence-electron chi connectivity index (χ3n) is 3.42. The summed E-state index contributed by atoms with van der Waals surface area (Å²) in [7, 11) is -3.21. The Bertz CT molecular complexity index is 793. The van der Waals surface area contributed by atoms with Crippen LogP contribution in [0.15, 0.2) is 53.4 Å². The molecule has 2 aromatic rings. The quantitative estimate of drug-likeness (QED) is 0.823. The molecule has 120 valence electrons. The van der Waals surface area contributed by atoms with Crippen molar-refractivity contribution in [2.24, 2.45) is 0 Å². The summed E-state index contributed by atoms with van der Waals surface area (Å²) < 4.78 is 23.4. The lowest BCUT2D eigenvalue weighted by Gasteiger charge is -2.07. The molecule has 0 aliphatic heterocycles. The van der Waals surface area contributed by atoms with Gasteiger partial charge in [0, 0.05) is 17.7 Å². The summed E-state index contributed by atoms with van der Waals surface area (Å²) in [6.45, 7) is 1.89. The molecule has 1 N–H and O–H groups in total. The van der Waals surface area contributed by atoms with Crippen LogP contribution in [0.1, 0.15) is 33.2 Å². The Labute approximate surface area is 135 Å². The second-order valence-electron chi connectivity index (χ2n) is 4.97. The topological polar surface area (TPSA) is 80.3 Å². The van der Waals surface area contributed by atoms with Gasteiger partial charge in [0.15, 0.2) is 9.84 Å². The first-order valence-electron chi connectivity index (χ1n) is 7.11. The van der Waals surface area contributed by atoms with E-state index in [9.17, 15) is 18.0 Å². The summed E-state index contributed by atoms with van der Waals surface area (Å²) in [5.41, 5.74) is 1.77. The molecule has 0 fully saturated rings. The Kier molecular flexibility index (Phi) is 5.28. The van der Waals surface area contributed by atoms with E-state index >= 15 is 0 Å². The van der Waals surface area contributed by atoms with Gasteiger partial charge >= 0.3 is 0 Å². The molecule has 0 radical (unpaired) electrons. The van der Waals surface area contributed by atoms with E-state index in [1.165, 1.54) is 0 Å². The van der Waals surface area contributed by atoms with Gasteiger partial charge in [-0.1, -0.05) is 31.2 Å². The number of aldehydes is 1. The third kappa shape index (κ3) is 4.26. The Hall–Kier alpha value is -2.47. The summed E-state index contributed by atoms with van der Waals surface area (Å²) >= 11 is 0. The lowest BCUT2D eigenvalue weighted by molar-refractivity contribution is 0.0950. The molecule has 0 aliphatic carbocycles. The van der Waals surface area contributed by atoms with Crippen molar-refractivity contribution in [2.75, 3.05) is 5.75 Å². The van der Waals surface area contributed by atoms with E-state index in [0.29, 0.717) is 24.0 Å². The number of carbonyl (C=O) groups excluding carboxylic acids is 2.